The number of thioether (sulfide) groups is 3. The summed E-state index contributed by atoms with van der Waals surface area (Å²) < 4.78 is 10.5. The second kappa shape index (κ2) is 16.6. The molecule has 0 bridgehead atoms. The Hall–Kier alpha value is -2.20. The van der Waals surface area contributed by atoms with E-state index in [-0.39, 0.29) is 35.0 Å². The van der Waals surface area contributed by atoms with E-state index in [1.54, 1.807) is 0 Å². The number of carbonyl (C=O) groups excluding carboxylic acids is 4. The van der Waals surface area contributed by atoms with Crippen molar-refractivity contribution in [2.45, 2.75) is 24.9 Å². The molecule has 0 radical (unpaired) electrons. The lowest BCUT2D eigenvalue weighted by molar-refractivity contribution is -0.141. The van der Waals surface area contributed by atoms with Crippen LogP contribution in [0.3, 0.4) is 0 Å². The van der Waals surface area contributed by atoms with Crippen LogP contribution in [0.15, 0.2) is 30.3 Å². The van der Waals surface area contributed by atoms with Gasteiger partial charge in [0.1, 0.15) is 15.6 Å². The normalized spacial score (nSPS) is 18.1. The van der Waals surface area contributed by atoms with E-state index < -0.39 is 24.0 Å². The minimum absolute atomic E-state index is 0.0647. The first-order valence-electron chi connectivity index (χ1n) is 10.8. The summed E-state index contributed by atoms with van der Waals surface area (Å²) in [6.07, 6.45) is 1.02. The van der Waals surface area contributed by atoms with Gasteiger partial charge in [-0.2, -0.15) is 0 Å². The number of cyclic esters (lactones) is 2. The number of thiocarbonyl (C=S) groups is 2. The number of benzene rings is 1. The molecule has 2 heterocycles. The molecule has 15 heteroatoms. The highest BCUT2D eigenvalue weighted by Crippen LogP contribution is 2.17. The van der Waals surface area contributed by atoms with Gasteiger partial charge in [0.2, 0.25) is 11.8 Å². The Morgan fingerprint density at radius 3 is 1.78 bits per heavy atom. The van der Waals surface area contributed by atoms with Crippen LogP contribution in [-0.4, -0.2) is 85.1 Å². The largest absolute Gasteiger partial charge is 0.481 e. The summed E-state index contributed by atoms with van der Waals surface area (Å²) in [7, 11) is 0. The third-order valence-electron chi connectivity index (χ3n) is 4.52. The van der Waals surface area contributed by atoms with Crippen molar-refractivity contribution >= 4 is 97.2 Å². The lowest BCUT2D eigenvalue weighted by Gasteiger charge is -2.08. The van der Waals surface area contributed by atoms with Crippen LogP contribution in [0.1, 0.15) is 18.4 Å². The van der Waals surface area contributed by atoms with E-state index in [0.29, 0.717) is 33.8 Å². The maximum atomic E-state index is 11.7. The molecule has 37 heavy (non-hydrogen) atoms. The Bertz CT molecular complexity index is 1020. The number of amides is 2. The van der Waals surface area contributed by atoms with E-state index >= 15 is 0 Å². The van der Waals surface area contributed by atoms with Crippen LogP contribution in [0.25, 0.3) is 0 Å². The maximum Gasteiger partial charge on any atom is 0.328 e. The molecular formula is C22H24N2O8S5. The molecule has 10 nitrogen and oxygen atoms in total. The molecule has 2 aliphatic rings. The lowest BCUT2D eigenvalue weighted by atomic mass is 10.2. The number of hydrogen-bond donors (Lipinski definition) is 3. The number of rotatable bonds is 9. The number of carboxylic acids is 1. The highest BCUT2D eigenvalue weighted by Gasteiger charge is 2.28. The first-order chi connectivity index (χ1) is 17.7. The van der Waals surface area contributed by atoms with Gasteiger partial charge in [0, 0.05) is 12.8 Å². The lowest BCUT2D eigenvalue weighted by Crippen LogP contribution is -2.39. The third kappa shape index (κ3) is 12.3. The smallest absolute Gasteiger partial charge is 0.328 e. The highest BCUT2D eigenvalue weighted by atomic mass is 32.2. The van der Waals surface area contributed by atoms with Gasteiger partial charge < -0.3 is 25.2 Å². The van der Waals surface area contributed by atoms with Crippen LogP contribution in [0.2, 0.25) is 0 Å². The summed E-state index contributed by atoms with van der Waals surface area (Å²) in [4.78, 5) is 55.7. The van der Waals surface area contributed by atoms with Crippen molar-refractivity contribution in [3.05, 3.63) is 35.9 Å². The zero-order chi connectivity index (χ0) is 27.2. The molecule has 2 unspecified atom stereocenters. The second-order valence-corrected chi connectivity index (χ2v) is 12.1. The third-order valence-corrected chi connectivity index (χ3v) is 8.70. The summed E-state index contributed by atoms with van der Waals surface area (Å²) in [5.41, 5.74) is 0.926. The van der Waals surface area contributed by atoms with E-state index in [1.165, 1.54) is 11.8 Å². The molecule has 3 N–H and O–H groups in total. The molecule has 2 amide bonds. The molecule has 2 saturated heterocycles. The number of hydrogen-bond acceptors (Lipinski definition) is 12. The van der Waals surface area contributed by atoms with Crippen molar-refractivity contribution in [2.24, 2.45) is 0 Å². The average Bonchev–Trinajstić information content (AvgIpc) is 3.47. The van der Waals surface area contributed by atoms with Gasteiger partial charge in [0.25, 0.3) is 0 Å². The molecule has 0 spiro atoms. The van der Waals surface area contributed by atoms with Crippen molar-refractivity contribution in [1.82, 2.24) is 10.6 Å². The van der Waals surface area contributed by atoms with Crippen LogP contribution in [0, 0.1) is 0 Å². The molecule has 2 atom stereocenters. The number of carbonyl (C=O) groups is 5. The topological polar surface area (TPSA) is 148 Å². The van der Waals surface area contributed by atoms with Crippen LogP contribution in [0.4, 0.5) is 0 Å². The fourth-order valence-electron chi connectivity index (χ4n) is 2.80. The van der Waals surface area contributed by atoms with E-state index in [4.69, 9.17) is 39.0 Å². The van der Waals surface area contributed by atoms with Gasteiger partial charge in [0.15, 0.2) is 0 Å². The van der Waals surface area contributed by atoms with Crippen LogP contribution >= 0.6 is 59.7 Å². The van der Waals surface area contributed by atoms with Gasteiger partial charge in [-0.25, -0.2) is 9.59 Å². The average molecular weight is 605 g/mol. The fourth-order valence-corrected chi connectivity index (χ4v) is 5.38. The highest BCUT2D eigenvalue weighted by molar-refractivity contribution is 8.47. The van der Waals surface area contributed by atoms with E-state index in [0.717, 1.165) is 29.1 Å². The van der Waals surface area contributed by atoms with Crippen molar-refractivity contribution in [3.63, 3.8) is 0 Å². The Kier molecular flexibility index (Phi) is 13.9. The molecule has 0 aliphatic carbocycles. The van der Waals surface area contributed by atoms with Gasteiger partial charge in [-0.05, 0) is 5.56 Å². The number of esters is 2. The Labute approximate surface area is 236 Å². The van der Waals surface area contributed by atoms with Gasteiger partial charge in [-0.15, -0.1) is 11.8 Å². The first kappa shape index (κ1) is 31.0. The molecule has 2 fully saturated rings. The van der Waals surface area contributed by atoms with E-state index in [2.05, 4.69) is 10.6 Å². The minimum Gasteiger partial charge on any atom is -0.481 e. The summed E-state index contributed by atoms with van der Waals surface area (Å²) >= 11 is 13.5. The quantitative estimate of drug-likeness (QED) is 0.278. The van der Waals surface area contributed by atoms with Gasteiger partial charge in [-0.1, -0.05) is 78.3 Å². The molecule has 1 aromatic carbocycles. The molecular weight excluding hydrogens is 581 g/mol. The predicted octanol–water partition coefficient (Wildman–Crippen LogP) is 1.78. The van der Waals surface area contributed by atoms with Gasteiger partial charge in [0.05, 0.1) is 34.7 Å². The van der Waals surface area contributed by atoms with Crippen molar-refractivity contribution in [1.29, 1.82) is 0 Å². The maximum absolute atomic E-state index is 11.7. The standard InChI is InChI=1S/C13H13NO3S2.C9H11NO5S3/c15-11(14-10-6-7-17-12(10)16)8-19-13(18)9-4-2-1-3-5-9;11-6(10-5-1-2-15-8(5)14)3-17-9(16)18-4-7(12)13/h1-5,10H,6-8H2,(H,14,15);5H,1-4H2,(H,10,11)(H,12,13). The number of carboxylic acid groups (broad SMARTS) is 1. The van der Waals surface area contributed by atoms with Gasteiger partial charge in [-0.3, -0.25) is 14.4 Å². The molecule has 2 aliphatic heterocycles. The number of aliphatic carboxylic acids is 1. The van der Waals surface area contributed by atoms with Crippen molar-refractivity contribution < 1.29 is 38.6 Å². The molecule has 0 saturated carbocycles. The zero-order valence-electron chi connectivity index (χ0n) is 19.3. The molecule has 0 aromatic heterocycles. The summed E-state index contributed by atoms with van der Waals surface area (Å²) in [6.45, 7) is 0.698. The second-order valence-electron chi connectivity index (χ2n) is 7.32. The minimum atomic E-state index is -0.957. The Morgan fingerprint density at radius 1 is 0.838 bits per heavy atom. The van der Waals surface area contributed by atoms with E-state index in [1.807, 2.05) is 30.3 Å². The van der Waals surface area contributed by atoms with Crippen molar-refractivity contribution in [3.8, 4) is 0 Å². The molecule has 200 valence electrons. The summed E-state index contributed by atoms with van der Waals surface area (Å²) in [6, 6.07) is 8.45. The van der Waals surface area contributed by atoms with Crippen LogP contribution in [0.5, 0.6) is 0 Å². The number of ether oxygens (including phenoxy) is 2. The summed E-state index contributed by atoms with van der Waals surface area (Å²) in [5.74, 6) is -2.11. The first-order valence-corrected chi connectivity index (χ1v) is 14.6. The predicted molar refractivity (Wildman–Crippen MR) is 151 cm³/mol. The Balaban J connectivity index is 0.000000261. The Morgan fingerprint density at radius 2 is 1.32 bits per heavy atom. The van der Waals surface area contributed by atoms with E-state index in [9.17, 15) is 24.0 Å². The molecule has 1 aromatic rings. The monoisotopic (exact) mass is 604 g/mol. The number of nitrogens with one attached hydrogen (secondary N) is 2. The van der Waals surface area contributed by atoms with Gasteiger partial charge >= 0.3 is 17.9 Å². The van der Waals surface area contributed by atoms with Crippen LogP contribution < -0.4 is 10.6 Å². The fraction of sp³-hybridized carbons (Fsp3) is 0.409. The van der Waals surface area contributed by atoms with Crippen molar-refractivity contribution in [2.75, 3.05) is 30.5 Å². The zero-order valence-corrected chi connectivity index (χ0v) is 23.4. The van der Waals surface area contributed by atoms with Crippen LogP contribution in [-0.2, 0) is 33.4 Å². The SMILES string of the molecule is O=C(CSC(=S)c1ccccc1)NC1CCOC1=O.O=C(O)CSC(=S)SCC(=O)NC1CCOC1=O. The molecule has 3 rings (SSSR count). The summed E-state index contributed by atoms with van der Waals surface area (Å²) in [5, 5.41) is 13.6.